The number of halogens is 1. The van der Waals surface area contributed by atoms with Gasteiger partial charge in [-0.2, -0.15) is 0 Å². The summed E-state index contributed by atoms with van der Waals surface area (Å²) in [6.45, 7) is 2.08. The zero-order valence-electron chi connectivity index (χ0n) is 12.9. The van der Waals surface area contributed by atoms with E-state index < -0.39 is 0 Å². The summed E-state index contributed by atoms with van der Waals surface area (Å²) < 4.78 is 0. The van der Waals surface area contributed by atoms with Crippen molar-refractivity contribution in [3.8, 4) is 0 Å². The van der Waals surface area contributed by atoms with Gasteiger partial charge in [-0.3, -0.25) is 4.79 Å². The fourth-order valence-corrected chi connectivity index (χ4v) is 6.10. The fourth-order valence-electron chi connectivity index (χ4n) is 6.10. The van der Waals surface area contributed by atoms with Gasteiger partial charge in [0.1, 0.15) is 0 Å². The largest absolute Gasteiger partial charge is 0.352 e. The van der Waals surface area contributed by atoms with Gasteiger partial charge in [0.2, 0.25) is 5.91 Å². The van der Waals surface area contributed by atoms with Gasteiger partial charge in [0.05, 0.1) is 0 Å². The summed E-state index contributed by atoms with van der Waals surface area (Å²) in [7, 11) is 0. The van der Waals surface area contributed by atoms with Crippen LogP contribution in [-0.2, 0) is 4.79 Å². The molecule has 0 aromatic heterocycles. The Morgan fingerprint density at radius 1 is 1.10 bits per heavy atom. The Morgan fingerprint density at radius 2 is 1.71 bits per heavy atom. The SMILES string of the molecule is Cl.O=C(CC12CC3CC(CC(C3)C1)C2)N[C@@H]1CCCNC1. The minimum Gasteiger partial charge on any atom is -0.352 e. The quantitative estimate of drug-likeness (QED) is 0.841. The van der Waals surface area contributed by atoms with Crippen LogP contribution in [0.3, 0.4) is 0 Å². The van der Waals surface area contributed by atoms with Crippen LogP contribution in [0.1, 0.15) is 57.8 Å². The first-order valence-electron chi connectivity index (χ1n) is 8.71. The van der Waals surface area contributed by atoms with Gasteiger partial charge in [0.25, 0.3) is 0 Å². The number of nitrogens with one attached hydrogen (secondary N) is 2. The third-order valence-electron chi connectivity index (χ3n) is 6.36. The lowest BCUT2D eigenvalue weighted by Crippen LogP contribution is -2.50. The molecular formula is C17H29ClN2O. The minimum absolute atomic E-state index is 0. The Hall–Kier alpha value is -0.280. The highest BCUT2D eigenvalue weighted by atomic mass is 35.5. The first-order valence-corrected chi connectivity index (χ1v) is 8.71. The zero-order valence-corrected chi connectivity index (χ0v) is 13.7. The van der Waals surface area contributed by atoms with Crippen LogP contribution < -0.4 is 10.6 Å². The summed E-state index contributed by atoms with van der Waals surface area (Å²) in [5.74, 6) is 3.18. The molecular weight excluding hydrogens is 284 g/mol. The number of rotatable bonds is 3. The van der Waals surface area contributed by atoms with Crippen LogP contribution in [-0.4, -0.2) is 25.0 Å². The summed E-state index contributed by atoms with van der Waals surface area (Å²) in [6.07, 6.45) is 11.6. The van der Waals surface area contributed by atoms with E-state index >= 15 is 0 Å². The molecule has 2 N–H and O–H groups in total. The van der Waals surface area contributed by atoms with E-state index in [1.54, 1.807) is 0 Å². The zero-order chi connectivity index (χ0) is 13.6. The van der Waals surface area contributed by atoms with Gasteiger partial charge in [0.15, 0.2) is 0 Å². The Bertz CT molecular complexity index is 357. The highest BCUT2D eigenvalue weighted by Crippen LogP contribution is 2.61. The maximum absolute atomic E-state index is 12.5. The Kier molecular flexibility index (Phi) is 4.52. The van der Waals surface area contributed by atoms with E-state index in [0.29, 0.717) is 17.4 Å². The Labute approximate surface area is 134 Å². The number of carbonyl (C=O) groups is 1. The molecule has 21 heavy (non-hydrogen) atoms. The molecule has 1 amide bonds. The van der Waals surface area contributed by atoms with E-state index in [9.17, 15) is 4.79 Å². The van der Waals surface area contributed by atoms with Crippen LogP contribution in [0.2, 0.25) is 0 Å². The normalized spacial score (nSPS) is 44.2. The maximum Gasteiger partial charge on any atom is 0.220 e. The molecule has 1 heterocycles. The second kappa shape index (κ2) is 6.08. The lowest BCUT2D eigenvalue weighted by Gasteiger charge is -2.56. The molecule has 1 aliphatic heterocycles. The molecule has 5 rings (SSSR count). The molecule has 4 aliphatic carbocycles. The molecule has 3 nitrogen and oxygen atoms in total. The maximum atomic E-state index is 12.5. The molecule has 0 aromatic rings. The van der Waals surface area contributed by atoms with Crippen LogP contribution in [0, 0.1) is 23.2 Å². The van der Waals surface area contributed by atoms with Gasteiger partial charge >= 0.3 is 0 Å². The topological polar surface area (TPSA) is 41.1 Å². The highest BCUT2D eigenvalue weighted by molar-refractivity contribution is 5.85. The fraction of sp³-hybridized carbons (Fsp3) is 0.941. The van der Waals surface area contributed by atoms with E-state index in [1.807, 2.05) is 0 Å². The lowest BCUT2D eigenvalue weighted by atomic mass is 9.49. The van der Waals surface area contributed by atoms with Gasteiger partial charge in [-0.05, 0) is 81.1 Å². The first-order chi connectivity index (χ1) is 9.71. The summed E-state index contributed by atoms with van der Waals surface area (Å²) in [5.41, 5.74) is 0.390. The van der Waals surface area contributed by atoms with Gasteiger partial charge in [0, 0.05) is 19.0 Å². The molecule has 120 valence electrons. The van der Waals surface area contributed by atoms with Crippen molar-refractivity contribution in [2.45, 2.75) is 63.8 Å². The van der Waals surface area contributed by atoms with Gasteiger partial charge in [-0.1, -0.05) is 0 Å². The van der Waals surface area contributed by atoms with Crippen molar-refractivity contribution >= 4 is 18.3 Å². The minimum atomic E-state index is 0. The van der Waals surface area contributed by atoms with Crippen molar-refractivity contribution in [2.24, 2.45) is 23.2 Å². The second-order valence-corrected chi connectivity index (χ2v) is 8.21. The molecule has 0 unspecified atom stereocenters. The number of hydrogen-bond acceptors (Lipinski definition) is 2. The number of amides is 1. The second-order valence-electron chi connectivity index (χ2n) is 8.21. The van der Waals surface area contributed by atoms with E-state index in [2.05, 4.69) is 10.6 Å². The Balaban J connectivity index is 0.00000132. The summed E-state index contributed by atoms with van der Waals surface area (Å²) >= 11 is 0. The molecule has 4 bridgehead atoms. The van der Waals surface area contributed by atoms with Crippen molar-refractivity contribution in [2.75, 3.05) is 13.1 Å². The number of piperidine rings is 1. The van der Waals surface area contributed by atoms with Crippen molar-refractivity contribution < 1.29 is 4.79 Å². The van der Waals surface area contributed by atoms with Crippen molar-refractivity contribution in [1.82, 2.24) is 10.6 Å². The van der Waals surface area contributed by atoms with E-state index in [0.717, 1.165) is 43.7 Å². The molecule has 5 fully saturated rings. The monoisotopic (exact) mass is 312 g/mol. The predicted octanol–water partition coefficient (Wildman–Crippen LogP) is 2.88. The van der Waals surface area contributed by atoms with Crippen LogP contribution in [0.25, 0.3) is 0 Å². The molecule has 4 heteroatoms. The average Bonchev–Trinajstić information content (AvgIpc) is 2.37. The highest BCUT2D eigenvalue weighted by Gasteiger charge is 2.51. The molecule has 0 spiro atoms. The van der Waals surface area contributed by atoms with E-state index in [-0.39, 0.29) is 12.4 Å². The third kappa shape index (κ3) is 3.24. The van der Waals surface area contributed by atoms with Crippen LogP contribution in [0.5, 0.6) is 0 Å². The number of carbonyl (C=O) groups excluding carboxylic acids is 1. The summed E-state index contributed by atoms with van der Waals surface area (Å²) in [6, 6.07) is 0.380. The molecule has 5 aliphatic rings. The van der Waals surface area contributed by atoms with Gasteiger partial charge in [-0.15, -0.1) is 12.4 Å². The summed E-state index contributed by atoms with van der Waals surface area (Å²) in [5, 5.41) is 6.68. The van der Waals surface area contributed by atoms with Crippen LogP contribution in [0.4, 0.5) is 0 Å². The van der Waals surface area contributed by atoms with Crippen LogP contribution in [0.15, 0.2) is 0 Å². The molecule has 4 saturated carbocycles. The standard InChI is InChI=1S/C17H28N2O.ClH/c20-16(19-15-2-1-3-18-11-15)10-17-7-12-4-13(8-17)6-14(5-12)9-17;/h12-15,18H,1-11H2,(H,19,20);1H/t12?,13?,14?,15-,17?;/m1./s1. The summed E-state index contributed by atoms with van der Waals surface area (Å²) in [4.78, 5) is 12.5. The van der Waals surface area contributed by atoms with E-state index in [1.165, 1.54) is 44.9 Å². The molecule has 1 atom stereocenters. The Morgan fingerprint density at radius 3 is 2.24 bits per heavy atom. The molecule has 0 radical (unpaired) electrons. The molecule has 0 aromatic carbocycles. The smallest absolute Gasteiger partial charge is 0.220 e. The lowest BCUT2D eigenvalue weighted by molar-refractivity contribution is -0.130. The van der Waals surface area contributed by atoms with Crippen molar-refractivity contribution in [1.29, 1.82) is 0 Å². The van der Waals surface area contributed by atoms with Crippen LogP contribution >= 0.6 is 12.4 Å². The van der Waals surface area contributed by atoms with Crippen molar-refractivity contribution in [3.05, 3.63) is 0 Å². The van der Waals surface area contributed by atoms with Gasteiger partial charge in [-0.25, -0.2) is 0 Å². The van der Waals surface area contributed by atoms with Gasteiger partial charge < -0.3 is 10.6 Å². The first kappa shape index (κ1) is 15.6. The average molecular weight is 313 g/mol. The predicted molar refractivity (Wildman–Crippen MR) is 86.5 cm³/mol. The van der Waals surface area contributed by atoms with Crippen molar-refractivity contribution in [3.63, 3.8) is 0 Å². The third-order valence-corrected chi connectivity index (χ3v) is 6.36. The number of hydrogen-bond donors (Lipinski definition) is 2. The van der Waals surface area contributed by atoms with E-state index in [4.69, 9.17) is 0 Å². The molecule has 1 saturated heterocycles.